The second-order valence-electron chi connectivity index (χ2n) is 5.09. The maximum absolute atomic E-state index is 6.25. The van der Waals surface area contributed by atoms with Crippen molar-refractivity contribution >= 4 is 104 Å². The predicted molar refractivity (Wildman–Crippen MR) is 110 cm³/mol. The van der Waals surface area contributed by atoms with Gasteiger partial charge in [-0.05, 0) is 0 Å². The Kier molecular flexibility index (Phi) is 5.56. The number of aromatic nitrogens is 4. The summed E-state index contributed by atoms with van der Waals surface area (Å²) in [5.41, 5.74) is 1.41. The summed E-state index contributed by atoms with van der Waals surface area (Å²) in [5, 5.41) is 3.92. The predicted octanol–water partition coefficient (Wildman–Crippen LogP) is 3.46. The van der Waals surface area contributed by atoms with E-state index in [2.05, 4.69) is 19.9 Å². The van der Waals surface area contributed by atoms with E-state index in [9.17, 15) is 0 Å². The first-order chi connectivity index (χ1) is 12.5. The minimum absolute atomic E-state index is 0.0400. The van der Waals surface area contributed by atoms with Gasteiger partial charge in [-0.15, -0.1) is 0 Å². The number of benzene rings is 2. The van der Waals surface area contributed by atoms with Crippen molar-refractivity contribution in [2.45, 2.75) is 0 Å². The Labute approximate surface area is 179 Å². The molecule has 0 radical (unpaired) electrons. The summed E-state index contributed by atoms with van der Waals surface area (Å²) in [7, 11) is 0. The molecule has 0 bridgehead atoms. The monoisotopic (exact) mass is 554 g/mol. The summed E-state index contributed by atoms with van der Waals surface area (Å²) in [4.78, 5) is 17.4. The molecule has 130 valence electrons. The molecule has 26 heavy (non-hydrogen) atoms. The zero-order chi connectivity index (χ0) is 18.3. The summed E-state index contributed by atoms with van der Waals surface area (Å²) < 4.78 is 1.87. The third-order valence-corrected chi connectivity index (χ3v) is 11.0. The van der Waals surface area contributed by atoms with Crippen molar-refractivity contribution in [1.29, 1.82) is 0 Å². The Bertz CT molecular complexity index is 1060. The van der Waals surface area contributed by atoms with Crippen LogP contribution in [0.3, 0.4) is 0 Å². The molecule has 0 fully saturated rings. The van der Waals surface area contributed by atoms with Crippen LogP contribution in [-0.4, -0.2) is 46.2 Å². The van der Waals surface area contributed by atoms with Crippen molar-refractivity contribution in [3.8, 4) is 0 Å². The van der Waals surface area contributed by atoms with Crippen LogP contribution in [0.15, 0.2) is 36.9 Å². The number of nitrogens with zero attached hydrogens (tertiary/aromatic N) is 4. The number of fused-ring (bicyclic) bond motifs is 2. The number of halogens is 4. The van der Waals surface area contributed by atoms with Gasteiger partial charge >= 0.3 is 181 Å². The van der Waals surface area contributed by atoms with Gasteiger partial charge in [0.15, 0.2) is 0 Å². The molecular formula is C16H6Cl4N4Se2. The zero-order valence-electron chi connectivity index (χ0n) is 12.6. The van der Waals surface area contributed by atoms with Crippen molar-refractivity contribution in [2.24, 2.45) is 0 Å². The van der Waals surface area contributed by atoms with Crippen LogP contribution >= 0.6 is 46.4 Å². The topological polar surface area (TPSA) is 51.6 Å². The van der Waals surface area contributed by atoms with E-state index in [4.69, 9.17) is 46.4 Å². The number of rotatable bonds is 3. The van der Waals surface area contributed by atoms with Gasteiger partial charge in [0.2, 0.25) is 0 Å². The fraction of sp³-hybridized carbons (Fsp3) is 0. The van der Waals surface area contributed by atoms with Gasteiger partial charge in [0, 0.05) is 0 Å². The van der Waals surface area contributed by atoms with E-state index >= 15 is 0 Å². The van der Waals surface area contributed by atoms with Crippen LogP contribution in [0, 0.1) is 0 Å². The fourth-order valence-corrected chi connectivity index (χ4v) is 9.79. The second kappa shape index (κ2) is 7.75. The van der Waals surface area contributed by atoms with Gasteiger partial charge in [-0.25, -0.2) is 0 Å². The Balaban J connectivity index is 1.75. The molecule has 0 unspecified atom stereocenters. The molecule has 0 spiro atoms. The molecule has 0 saturated carbocycles. The Morgan fingerprint density at radius 2 is 1.00 bits per heavy atom. The first-order valence-electron chi connectivity index (χ1n) is 7.07. The molecule has 4 rings (SSSR count). The first kappa shape index (κ1) is 18.7. The minimum atomic E-state index is 0.0400. The van der Waals surface area contributed by atoms with Crippen LogP contribution in [0.5, 0.6) is 0 Å². The molecule has 10 heteroatoms. The average Bonchev–Trinajstić information content (AvgIpc) is 2.60. The molecule has 4 aromatic rings. The standard InChI is InChI=1S/C16H6Cl4N4Se2/c17-7-1-9-13(11(19)3-7)21-5-23-15(9)25-26-16-10-2-8(18)4-12(20)14(10)22-6-24-16/h1-6H. The van der Waals surface area contributed by atoms with Crippen molar-refractivity contribution in [1.82, 2.24) is 19.9 Å². The molecule has 2 aromatic carbocycles. The van der Waals surface area contributed by atoms with E-state index in [0.717, 1.165) is 20.0 Å². The Morgan fingerprint density at radius 3 is 1.42 bits per heavy atom. The first-order valence-corrected chi connectivity index (χ1v) is 14.6. The molecule has 0 atom stereocenters. The van der Waals surface area contributed by atoms with E-state index in [1.54, 1.807) is 12.1 Å². The van der Waals surface area contributed by atoms with Crippen LogP contribution in [0.2, 0.25) is 20.1 Å². The molecule has 0 amide bonds. The maximum atomic E-state index is 6.25. The van der Waals surface area contributed by atoms with E-state index in [-0.39, 0.29) is 26.3 Å². The summed E-state index contributed by atoms with van der Waals surface area (Å²) >= 11 is 24.9. The fourth-order valence-electron chi connectivity index (χ4n) is 2.35. The van der Waals surface area contributed by atoms with Gasteiger partial charge in [-0.1, -0.05) is 0 Å². The number of hydrogen-bond acceptors (Lipinski definition) is 4. The van der Waals surface area contributed by atoms with Gasteiger partial charge in [0.1, 0.15) is 0 Å². The van der Waals surface area contributed by atoms with Gasteiger partial charge in [0.05, 0.1) is 0 Å². The van der Waals surface area contributed by atoms with Gasteiger partial charge in [-0.2, -0.15) is 0 Å². The SMILES string of the molecule is Clc1cc(Cl)c2ncnc([Se][Se]c3ncnc4c(Cl)cc(Cl)cc34)c2c1. The van der Waals surface area contributed by atoms with E-state index in [0.29, 0.717) is 31.1 Å². The summed E-state index contributed by atoms with van der Waals surface area (Å²) in [6.07, 6.45) is 3.06. The molecule has 0 saturated heterocycles. The summed E-state index contributed by atoms with van der Waals surface area (Å²) in [6, 6.07) is 7.06. The van der Waals surface area contributed by atoms with Crippen molar-refractivity contribution in [3.63, 3.8) is 0 Å². The molecule has 2 aromatic heterocycles. The summed E-state index contributed by atoms with van der Waals surface area (Å²) in [5.74, 6) is 0. The Hall–Kier alpha value is -0.681. The molecule has 0 aliphatic carbocycles. The molecule has 0 aliphatic heterocycles. The van der Waals surface area contributed by atoms with Gasteiger partial charge in [-0.3, -0.25) is 0 Å². The van der Waals surface area contributed by atoms with Crippen molar-refractivity contribution in [2.75, 3.05) is 0 Å². The van der Waals surface area contributed by atoms with Crippen molar-refractivity contribution < 1.29 is 0 Å². The molecule has 4 nitrogen and oxygen atoms in total. The van der Waals surface area contributed by atoms with Crippen molar-refractivity contribution in [3.05, 3.63) is 57.0 Å². The van der Waals surface area contributed by atoms with Crippen LogP contribution in [-0.2, 0) is 0 Å². The summed E-state index contributed by atoms with van der Waals surface area (Å²) in [6.45, 7) is 0. The second-order valence-corrected chi connectivity index (χ2v) is 12.7. The number of hydrogen-bond donors (Lipinski definition) is 0. The Morgan fingerprint density at radius 1 is 0.577 bits per heavy atom. The van der Waals surface area contributed by atoms with Crippen LogP contribution < -0.4 is 9.18 Å². The average molecular weight is 554 g/mol. The van der Waals surface area contributed by atoms with Gasteiger partial charge < -0.3 is 0 Å². The molecule has 0 N–H and O–H groups in total. The molecule has 2 heterocycles. The third kappa shape index (κ3) is 3.66. The third-order valence-electron chi connectivity index (χ3n) is 3.44. The van der Waals surface area contributed by atoms with Gasteiger partial charge in [0.25, 0.3) is 0 Å². The van der Waals surface area contributed by atoms with E-state index in [1.807, 2.05) is 12.1 Å². The molecular weight excluding hydrogens is 548 g/mol. The van der Waals surface area contributed by atoms with Crippen LogP contribution in [0.25, 0.3) is 21.8 Å². The quantitative estimate of drug-likeness (QED) is 0.365. The normalized spacial score (nSPS) is 11.4. The van der Waals surface area contributed by atoms with E-state index in [1.165, 1.54) is 12.7 Å². The van der Waals surface area contributed by atoms with Crippen LogP contribution in [0.4, 0.5) is 0 Å². The van der Waals surface area contributed by atoms with E-state index < -0.39 is 0 Å². The molecule has 0 aliphatic rings. The zero-order valence-corrected chi connectivity index (χ0v) is 19.0. The van der Waals surface area contributed by atoms with Crippen LogP contribution in [0.1, 0.15) is 0 Å².